The minimum atomic E-state index is -0.361. The average Bonchev–Trinajstić information content (AvgIpc) is 3.28. The van der Waals surface area contributed by atoms with Crippen LogP contribution in [-0.4, -0.2) is 17.7 Å². The van der Waals surface area contributed by atoms with E-state index in [0.29, 0.717) is 28.1 Å². The summed E-state index contributed by atoms with van der Waals surface area (Å²) in [5, 5.41) is 2.74. The molecule has 0 unspecified atom stereocenters. The number of hydrogen-bond acceptors (Lipinski definition) is 4. The summed E-state index contributed by atoms with van der Waals surface area (Å²) in [6.45, 7) is 0.284. The molecule has 0 saturated heterocycles. The molecule has 0 spiro atoms. The monoisotopic (exact) mass is 346 g/mol. The van der Waals surface area contributed by atoms with E-state index in [9.17, 15) is 14.4 Å². The van der Waals surface area contributed by atoms with Crippen molar-refractivity contribution in [3.63, 3.8) is 0 Å². The standard InChI is InChI=1S/C20H14N2O4/c23-18(21-12-15-4-3-11-26-15)13-7-9-14(10-8-13)22-19(24)16-5-1-2-6-17(16)20(22)25/h1-11H,12H2,(H,21,23). The van der Waals surface area contributed by atoms with Crippen LogP contribution in [0.15, 0.2) is 71.3 Å². The number of rotatable bonds is 4. The molecule has 0 fully saturated rings. The Labute approximate surface area is 149 Å². The molecule has 6 heteroatoms. The third-order valence-corrected chi connectivity index (χ3v) is 4.19. The Morgan fingerprint density at radius 1 is 0.885 bits per heavy atom. The lowest BCUT2D eigenvalue weighted by Gasteiger charge is -2.14. The molecule has 0 atom stereocenters. The predicted molar refractivity (Wildman–Crippen MR) is 93.9 cm³/mol. The van der Waals surface area contributed by atoms with Gasteiger partial charge in [0, 0.05) is 5.56 Å². The molecule has 0 bridgehead atoms. The Hall–Kier alpha value is -3.67. The number of nitrogens with zero attached hydrogens (tertiary/aromatic N) is 1. The molecule has 1 aliphatic rings. The highest BCUT2D eigenvalue weighted by atomic mass is 16.3. The van der Waals surface area contributed by atoms with Crippen LogP contribution in [0.25, 0.3) is 0 Å². The summed E-state index contributed by atoms with van der Waals surface area (Å²) in [6, 6.07) is 16.6. The molecule has 128 valence electrons. The summed E-state index contributed by atoms with van der Waals surface area (Å²) >= 11 is 0. The fourth-order valence-electron chi connectivity index (χ4n) is 2.87. The first-order valence-corrected chi connectivity index (χ1v) is 8.03. The van der Waals surface area contributed by atoms with E-state index < -0.39 is 0 Å². The van der Waals surface area contributed by atoms with Crippen molar-refractivity contribution in [1.82, 2.24) is 5.32 Å². The zero-order chi connectivity index (χ0) is 18.1. The van der Waals surface area contributed by atoms with Gasteiger partial charge in [0.2, 0.25) is 0 Å². The van der Waals surface area contributed by atoms with Crippen LogP contribution in [0.1, 0.15) is 36.8 Å². The summed E-state index contributed by atoms with van der Waals surface area (Å²) in [5.74, 6) is -0.336. The van der Waals surface area contributed by atoms with Crippen molar-refractivity contribution in [2.45, 2.75) is 6.54 Å². The van der Waals surface area contributed by atoms with Gasteiger partial charge >= 0.3 is 0 Å². The molecule has 6 nitrogen and oxygen atoms in total. The zero-order valence-electron chi connectivity index (χ0n) is 13.6. The van der Waals surface area contributed by atoms with Crippen LogP contribution in [0.3, 0.4) is 0 Å². The van der Waals surface area contributed by atoms with E-state index in [1.165, 1.54) is 0 Å². The summed E-state index contributed by atoms with van der Waals surface area (Å²) in [6.07, 6.45) is 1.54. The topological polar surface area (TPSA) is 79.6 Å². The Morgan fingerprint density at radius 2 is 1.54 bits per heavy atom. The second kappa shape index (κ2) is 6.33. The van der Waals surface area contributed by atoms with E-state index in [-0.39, 0.29) is 24.3 Å². The van der Waals surface area contributed by atoms with Gasteiger partial charge in [0.15, 0.2) is 0 Å². The third-order valence-electron chi connectivity index (χ3n) is 4.19. The molecule has 3 aromatic rings. The maximum absolute atomic E-state index is 12.5. The molecule has 4 rings (SSSR count). The first-order chi connectivity index (χ1) is 12.6. The second-order valence-corrected chi connectivity index (χ2v) is 5.80. The van der Waals surface area contributed by atoms with Crippen LogP contribution < -0.4 is 10.2 Å². The molecule has 3 amide bonds. The van der Waals surface area contributed by atoms with Gasteiger partial charge in [0.25, 0.3) is 17.7 Å². The number of carbonyl (C=O) groups is 3. The number of benzene rings is 2. The van der Waals surface area contributed by atoms with Crippen LogP contribution in [0.2, 0.25) is 0 Å². The molecular formula is C20H14N2O4. The Kier molecular flexibility index (Phi) is 3.85. The van der Waals surface area contributed by atoms with E-state index in [0.717, 1.165) is 4.90 Å². The summed E-state index contributed by atoms with van der Waals surface area (Å²) in [7, 11) is 0. The molecule has 1 aromatic heterocycles. The Balaban J connectivity index is 1.51. The highest BCUT2D eigenvalue weighted by Gasteiger charge is 2.36. The van der Waals surface area contributed by atoms with Gasteiger partial charge in [-0.1, -0.05) is 12.1 Å². The van der Waals surface area contributed by atoms with Crippen LogP contribution in [0.4, 0.5) is 5.69 Å². The lowest BCUT2D eigenvalue weighted by atomic mass is 10.1. The average molecular weight is 346 g/mol. The molecule has 1 N–H and O–H groups in total. The number of furan rings is 1. The van der Waals surface area contributed by atoms with Crippen molar-refractivity contribution in [3.8, 4) is 0 Å². The van der Waals surface area contributed by atoms with Gasteiger partial charge in [0.05, 0.1) is 29.6 Å². The lowest BCUT2D eigenvalue weighted by Crippen LogP contribution is -2.29. The molecule has 2 heterocycles. The quantitative estimate of drug-likeness (QED) is 0.737. The van der Waals surface area contributed by atoms with Gasteiger partial charge in [-0.05, 0) is 48.5 Å². The normalized spacial score (nSPS) is 13.0. The zero-order valence-corrected chi connectivity index (χ0v) is 13.6. The van der Waals surface area contributed by atoms with Crippen molar-refractivity contribution in [3.05, 3.63) is 89.4 Å². The summed E-state index contributed by atoms with van der Waals surface area (Å²) < 4.78 is 5.16. The molecule has 0 aliphatic carbocycles. The van der Waals surface area contributed by atoms with Gasteiger partial charge in [0.1, 0.15) is 5.76 Å². The molecule has 0 saturated carbocycles. The van der Waals surface area contributed by atoms with Crippen LogP contribution in [0, 0.1) is 0 Å². The van der Waals surface area contributed by atoms with Gasteiger partial charge in [-0.2, -0.15) is 0 Å². The number of anilines is 1. The highest BCUT2D eigenvalue weighted by Crippen LogP contribution is 2.28. The summed E-state index contributed by atoms with van der Waals surface area (Å²) in [4.78, 5) is 38.3. The first-order valence-electron chi connectivity index (χ1n) is 8.03. The molecule has 26 heavy (non-hydrogen) atoms. The largest absolute Gasteiger partial charge is 0.467 e. The molecular weight excluding hydrogens is 332 g/mol. The van der Waals surface area contributed by atoms with Crippen molar-refractivity contribution < 1.29 is 18.8 Å². The van der Waals surface area contributed by atoms with Gasteiger partial charge in [-0.25, -0.2) is 4.90 Å². The summed E-state index contributed by atoms with van der Waals surface area (Å²) in [5.41, 5.74) is 1.63. The lowest BCUT2D eigenvalue weighted by molar-refractivity contribution is 0.0922. The van der Waals surface area contributed by atoms with Gasteiger partial charge in [-0.3, -0.25) is 14.4 Å². The van der Waals surface area contributed by atoms with E-state index in [2.05, 4.69) is 5.32 Å². The van der Waals surface area contributed by atoms with Crippen molar-refractivity contribution in [2.24, 2.45) is 0 Å². The Bertz CT molecular complexity index is 956. The van der Waals surface area contributed by atoms with Gasteiger partial charge < -0.3 is 9.73 Å². The van der Waals surface area contributed by atoms with E-state index in [1.54, 1.807) is 66.9 Å². The van der Waals surface area contributed by atoms with E-state index >= 15 is 0 Å². The highest BCUT2D eigenvalue weighted by molar-refractivity contribution is 6.34. The SMILES string of the molecule is O=C(NCc1ccco1)c1ccc(N2C(=O)c3ccccc3C2=O)cc1. The maximum Gasteiger partial charge on any atom is 0.266 e. The first kappa shape index (κ1) is 15.8. The van der Waals surface area contributed by atoms with Crippen molar-refractivity contribution >= 4 is 23.4 Å². The van der Waals surface area contributed by atoms with Crippen molar-refractivity contribution in [2.75, 3.05) is 4.90 Å². The van der Waals surface area contributed by atoms with E-state index in [1.807, 2.05) is 0 Å². The molecule has 0 radical (unpaired) electrons. The van der Waals surface area contributed by atoms with Crippen LogP contribution >= 0.6 is 0 Å². The van der Waals surface area contributed by atoms with Crippen molar-refractivity contribution in [1.29, 1.82) is 0 Å². The number of imide groups is 1. The molecule has 2 aromatic carbocycles. The number of amides is 3. The smallest absolute Gasteiger partial charge is 0.266 e. The van der Waals surface area contributed by atoms with Gasteiger partial charge in [-0.15, -0.1) is 0 Å². The molecule has 1 aliphatic heterocycles. The fourth-order valence-corrected chi connectivity index (χ4v) is 2.87. The number of carbonyl (C=O) groups excluding carboxylic acids is 3. The van der Waals surface area contributed by atoms with Crippen LogP contribution in [-0.2, 0) is 6.54 Å². The third kappa shape index (κ3) is 2.67. The number of fused-ring (bicyclic) bond motifs is 1. The van der Waals surface area contributed by atoms with E-state index in [4.69, 9.17) is 4.42 Å². The maximum atomic E-state index is 12.5. The number of nitrogens with one attached hydrogen (secondary N) is 1. The minimum absolute atomic E-state index is 0.268. The Morgan fingerprint density at radius 3 is 2.12 bits per heavy atom. The predicted octanol–water partition coefficient (Wildman–Crippen LogP) is 3.01. The number of hydrogen-bond donors (Lipinski definition) is 1. The second-order valence-electron chi connectivity index (χ2n) is 5.80. The minimum Gasteiger partial charge on any atom is -0.467 e. The van der Waals surface area contributed by atoms with Crippen LogP contribution in [0.5, 0.6) is 0 Å². The fraction of sp³-hybridized carbons (Fsp3) is 0.0500.